The number of aliphatic hydroxyl groups excluding tert-OH is 1. The van der Waals surface area contributed by atoms with Crippen LogP contribution >= 0.6 is 0 Å². The van der Waals surface area contributed by atoms with E-state index in [1.807, 2.05) is 18.2 Å². The summed E-state index contributed by atoms with van der Waals surface area (Å²) in [5.74, 6) is -0.0591. The Bertz CT molecular complexity index is 625. The van der Waals surface area contributed by atoms with Gasteiger partial charge in [-0.05, 0) is 30.0 Å². The van der Waals surface area contributed by atoms with Gasteiger partial charge in [-0.25, -0.2) is 0 Å². The van der Waals surface area contributed by atoms with Crippen molar-refractivity contribution in [3.63, 3.8) is 0 Å². The number of hydrogen-bond acceptors (Lipinski definition) is 3. The molecule has 1 aromatic heterocycles. The number of carbonyl (C=O) groups excluding carboxylic acids is 1. The molecule has 2 aromatic rings. The first-order chi connectivity index (χ1) is 10.2. The summed E-state index contributed by atoms with van der Waals surface area (Å²) in [6.07, 6.45) is 3.20. The van der Waals surface area contributed by atoms with Crippen molar-refractivity contribution in [2.75, 3.05) is 6.61 Å². The van der Waals surface area contributed by atoms with E-state index < -0.39 is 6.04 Å². The highest BCUT2D eigenvalue weighted by Gasteiger charge is 2.29. The minimum Gasteiger partial charge on any atom is -0.394 e. The fourth-order valence-corrected chi connectivity index (χ4v) is 2.97. The lowest BCUT2D eigenvalue weighted by atomic mass is 10.0. The third-order valence-corrected chi connectivity index (χ3v) is 4.14. The predicted octanol–water partition coefficient (Wildman–Crippen LogP) is 0.985. The topological polar surface area (TPSA) is 67.2 Å². The molecule has 5 heteroatoms. The summed E-state index contributed by atoms with van der Waals surface area (Å²) < 4.78 is 1.67. The van der Waals surface area contributed by atoms with Gasteiger partial charge in [-0.2, -0.15) is 5.10 Å². The molecule has 0 bridgehead atoms. The smallest absolute Gasteiger partial charge is 0.224 e. The molecule has 1 atom stereocenters. The highest BCUT2D eigenvalue weighted by molar-refractivity contribution is 5.80. The van der Waals surface area contributed by atoms with Crippen molar-refractivity contribution in [2.24, 2.45) is 13.0 Å². The van der Waals surface area contributed by atoms with Crippen LogP contribution in [0.25, 0.3) is 0 Å². The molecule has 0 fully saturated rings. The Morgan fingerprint density at radius 3 is 2.57 bits per heavy atom. The largest absolute Gasteiger partial charge is 0.394 e. The van der Waals surface area contributed by atoms with Crippen LogP contribution in [0.1, 0.15) is 22.9 Å². The number of nitrogens with zero attached hydrogens (tertiary/aromatic N) is 2. The maximum atomic E-state index is 12.4. The molecule has 1 aromatic carbocycles. The first-order valence-electron chi connectivity index (χ1n) is 7.15. The molecule has 1 aliphatic rings. The molecule has 1 unspecified atom stereocenters. The van der Waals surface area contributed by atoms with Crippen molar-refractivity contribution in [3.8, 4) is 0 Å². The first-order valence-corrected chi connectivity index (χ1v) is 7.15. The molecule has 2 N–H and O–H groups in total. The van der Waals surface area contributed by atoms with Crippen LogP contribution in [0.15, 0.2) is 36.5 Å². The summed E-state index contributed by atoms with van der Waals surface area (Å²) in [7, 11) is 1.80. The van der Waals surface area contributed by atoms with Gasteiger partial charge in [-0.3, -0.25) is 9.48 Å². The number of amides is 1. The van der Waals surface area contributed by atoms with Crippen molar-refractivity contribution in [3.05, 3.63) is 53.3 Å². The maximum Gasteiger partial charge on any atom is 0.224 e. The summed E-state index contributed by atoms with van der Waals surface area (Å²) in [4.78, 5) is 12.4. The molecule has 3 rings (SSSR count). The Morgan fingerprint density at radius 1 is 1.38 bits per heavy atom. The van der Waals surface area contributed by atoms with Gasteiger partial charge in [0, 0.05) is 19.2 Å². The van der Waals surface area contributed by atoms with Crippen molar-refractivity contribution < 1.29 is 9.90 Å². The number of aromatic nitrogens is 2. The van der Waals surface area contributed by atoms with Gasteiger partial charge in [-0.1, -0.05) is 24.3 Å². The van der Waals surface area contributed by atoms with Crippen molar-refractivity contribution in [1.29, 1.82) is 0 Å². The second-order valence-electron chi connectivity index (χ2n) is 5.50. The SMILES string of the molecule is Cn1nccc1C(CO)NC(=O)C1Cc2ccccc2C1. The zero-order chi connectivity index (χ0) is 14.8. The second kappa shape index (κ2) is 5.69. The van der Waals surface area contributed by atoms with Crippen molar-refractivity contribution in [1.82, 2.24) is 15.1 Å². The fraction of sp³-hybridized carbons (Fsp3) is 0.375. The molecule has 0 spiro atoms. The van der Waals surface area contributed by atoms with Gasteiger partial charge in [0.1, 0.15) is 0 Å². The molecular weight excluding hydrogens is 266 g/mol. The van der Waals surface area contributed by atoms with Crippen LogP contribution in [-0.4, -0.2) is 27.4 Å². The summed E-state index contributed by atoms with van der Waals surface area (Å²) in [6.45, 7) is -0.134. The Labute approximate surface area is 123 Å². The van der Waals surface area contributed by atoms with Crippen LogP contribution in [0.5, 0.6) is 0 Å². The Balaban J connectivity index is 1.68. The van der Waals surface area contributed by atoms with E-state index in [0.717, 1.165) is 18.5 Å². The zero-order valence-corrected chi connectivity index (χ0v) is 12.0. The lowest BCUT2D eigenvalue weighted by Crippen LogP contribution is -2.36. The Hall–Kier alpha value is -2.14. The monoisotopic (exact) mass is 285 g/mol. The molecular formula is C16H19N3O2. The van der Waals surface area contributed by atoms with Crippen molar-refractivity contribution in [2.45, 2.75) is 18.9 Å². The van der Waals surface area contributed by atoms with Crippen molar-refractivity contribution >= 4 is 5.91 Å². The van der Waals surface area contributed by atoms with E-state index in [4.69, 9.17) is 0 Å². The van der Waals surface area contributed by atoms with Crippen LogP contribution < -0.4 is 5.32 Å². The fourth-order valence-electron chi connectivity index (χ4n) is 2.97. The van der Waals surface area contributed by atoms with E-state index in [9.17, 15) is 9.90 Å². The van der Waals surface area contributed by atoms with E-state index in [2.05, 4.69) is 22.5 Å². The van der Waals surface area contributed by atoms with Crippen LogP contribution in [0.4, 0.5) is 0 Å². The average molecular weight is 285 g/mol. The maximum absolute atomic E-state index is 12.4. The number of aliphatic hydroxyl groups is 1. The van der Waals surface area contributed by atoms with E-state index in [1.165, 1.54) is 11.1 Å². The zero-order valence-electron chi connectivity index (χ0n) is 12.0. The highest BCUT2D eigenvalue weighted by atomic mass is 16.3. The lowest BCUT2D eigenvalue weighted by Gasteiger charge is -2.19. The van der Waals surface area contributed by atoms with Gasteiger partial charge in [0.15, 0.2) is 0 Å². The van der Waals surface area contributed by atoms with Gasteiger partial charge < -0.3 is 10.4 Å². The van der Waals surface area contributed by atoms with Gasteiger partial charge in [0.25, 0.3) is 0 Å². The van der Waals surface area contributed by atoms with E-state index >= 15 is 0 Å². The summed E-state index contributed by atoms with van der Waals surface area (Å²) in [6, 6.07) is 9.57. The standard InChI is InChI=1S/C16H19N3O2/c1-19-15(6-7-17-19)14(10-20)18-16(21)13-8-11-4-2-3-5-12(11)9-13/h2-7,13-14,20H,8-10H2,1H3,(H,18,21). The first kappa shape index (κ1) is 13.8. The Morgan fingerprint density at radius 2 is 2.05 bits per heavy atom. The molecule has 110 valence electrons. The van der Waals surface area contributed by atoms with Crippen LogP contribution in [0, 0.1) is 5.92 Å². The predicted molar refractivity (Wildman–Crippen MR) is 78.5 cm³/mol. The summed E-state index contributed by atoms with van der Waals surface area (Å²) >= 11 is 0. The molecule has 0 saturated heterocycles. The summed E-state index contributed by atoms with van der Waals surface area (Å²) in [5, 5.41) is 16.5. The molecule has 5 nitrogen and oxygen atoms in total. The number of hydrogen-bond donors (Lipinski definition) is 2. The lowest BCUT2D eigenvalue weighted by molar-refractivity contribution is -0.125. The number of fused-ring (bicyclic) bond motifs is 1. The molecule has 0 radical (unpaired) electrons. The minimum absolute atomic E-state index is 0.00792. The van der Waals surface area contributed by atoms with Crippen LogP contribution in [0.3, 0.4) is 0 Å². The molecule has 0 aliphatic heterocycles. The molecule has 1 aliphatic carbocycles. The normalized spacial score (nSPS) is 15.7. The second-order valence-corrected chi connectivity index (χ2v) is 5.50. The number of aryl methyl sites for hydroxylation is 1. The van der Waals surface area contributed by atoms with Crippen LogP contribution in [-0.2, 0) is 24.7 Å². The molecule has 0 saturated carbocycles. The Kier molecular flexibility index (Phi) is 3.75. The van der Waals surface area contributed by atoms with E-state index in [-0.39, 0.29) is 18.4 Å². The number of carbonyl (C=O) groups is 1. The minimum atomic E-state index is -0.409. The molecule has 21 heavy (non-hydrogen) atoms. The highest BCUT2D eigenvalue weighted by Crippen LogP contribution is 2.27. The van der Waals surface area contributed by atoms with Gasteiger partial charge >= 0.3 is 0 Å². The average Bonchev–Trinajstić information content (AvgIpc) is 3.10. The quantitative estimate of drug-likeness (QED) is 0.880. The number of benzene rings is 1. The molecule has 1 amide bonds. The van der Waals surface area contributed by atoms with Gasteiger partial charge in [-0.15, -0.1) is 0 Å². The van der Waals surface area contributed by atoms with Gasteiger partial charge in [0.05, 0.1) is 18.3 Å². The number of rotatable bonds is 4. The number of nitrogens with one attached hydrogen (secondary N) is 1. The van der Waals surface area contributed by atoms with E-state index in [1.54, 1.807) is 17.9 Å². The van der Waals surface area contributed by atoms with Gasteiger partial charge in [0.2, 0.25) is 5.91 Å². The van der Waals surface area contributed by atoms with E-state index in [0.29, 0.717) is 0 Å². The summed E-state index contributed by atoms with van der Waals surface area (Å²) in [5.41, 5.74) is 3.30. The molecule has 1 heterocycles. The third kappa shape index (κ3) is 2.69. The third-order valence-electron chi connectivity index (χ3n) is 4.14. The van der Waals surface area contributed by atoms with Crippen LogP contribution in [0.2, 0.25) is 0 Å².